The summed E-state index contributed by atoms with van der Waals surface area (Å²) in [5.41, 5.74) is 1.34. The summed E-state index contributed by atoms with van der Waals surface area (Å²) in [7, 11) is 1.60. The van der Waals surface area contributed by atoms with Crippen LogP contribution in [0.1, 0.15) is 34.7 Å². The summed E-state index contributed by atoms with van der Waals surface area (Å²) in [4.78, 5) is 14.7. The van der Waals surface area contributed by atoms with Crippen LogP contribution in [0.15, 0.2) is 46.9 Å². The van der Waals surface area contributed by atoms with E-state index in [-0.39, 0.29) is 5.91 Å². The Balaban J connectivity index is 1.46. The summed E-state index contributed by atoms with van der Waals surface area (Å²) < 4.78 is 10.5. The largest absolute Gasteiger partial charge is 0.453 e. The predicted molar refractivity (Wildman–Crippen MR) is 96.2 cm³/mol. The Kier molecular flexibility index (Phi) is 6.25. The second-order valence-electron chi connectivity index (χ2n) is 6.64. The molecule has 5 heteroatoms. The molecule has 0 radical (unpaired) electrons. The predicted octanol–water partition coefficient (Wildman–Crippen LogP) is 3.07. The van der Waals surface area contributed by atoms with Crippen LogP contribution in [0.3, 0.4) is 0 Å². The Hall–Kier alpha value is -2.11. The smallest absolute Gasteiger partial charge is 0.287 e. The zero-order chi connectivity index (χ0) is 17.5. The third-order valence-corrected chi connectivity index (χ3v) is 4.58. The highest BCUT2D eigenvalue weighted by Gasteiger charge is 2.21. The van der Waals surface area contributed by atoms with Gasteiger partial charge in [-0.2, -0.15) is 0 Å². The molecule has 2 aromatic rings. The van der Waals surface area contributed by atoms with Crippen molar-refractivity contribution in [3.63, 3.8) is 0 Å². The molecule has 1 aliphatic rings. The lowest BCUT2D eigenvalue weighted by atomic mass is 9.97. The highest BCUT2D eigenvalue weighted by atomic mass is 16.5. The summed E-state index contributed by atoms with van der Waals surface area (Å²) in [5, 5.41) is 3.01. The fraction of sp³-hybridized carbons (Fsp3) is 0.450. The highest BCUT2D eigenvalue weighted by Crippen LogP contribution is 2.18. The summed E-state index contributed by atoms with van der Waals surface area (Å²) in [6, 6.07) is 14.0. The molecule has 1 aromatic carbocycles. The topological polar surface area (TPSA) is 54.7 Å². The first kappa shape index (κ1) is 17.7. The number of nitrogens with one attached hydrogen (secondary N) is 1. The van der Waals surface area contributed by atoms with Gasteiger partial charge in [-0.3, -0.25) is 9.69 Å². The molecule has 0 saturated carbocycles. The second kappa shape index (κ2) is 8.83. The number of likely N-dealkylation sites (tertiary alicyclic amines) is 1. The summed E-state index contributed by atoms with van der Waals surface area (Å²) in [6.45, 7) is 4.18. The van der Waals surface area contributed by atoms with Crippen molar-refractivity contribution in [2.45, 2.75) is 26.0 Å². The van der Waals surface area contributed by atoms with Crippen molar-refractivity contribution in [2.24, 2.45) is 5.92 Å². The number of carbonyl (C=O) groups is 1. The van der Waals surface area contributed by atoms with Crippen molar-refractivity contribution < 1.29 is 13.9 Å². The minimum absolute atomic E-state index is 0.150. The normalized spacial score (nSPS) is 18.2. The minimum Gasteiger partial charge on any atom is -0.453 e. The number of nitrogens with zero attached hydrogens (tertiary/aromatic N) is 1. The lowest BCUT2D eigenvalue weighted by molar-refractivity contribution is 0.0895. The lowest BCUT2D eigenvalue weighted by Crippen LogP contribution is -2.40. The number of ether oxygens (including phenoxy) is 1. The maximum Gasteiger partial charge on any atom is 0.287 e. The third-order valence-electron chi connectivity index (χ3n) is 4.58. The van der Waals surface area contributed by atoms with Crippen molar-refractivity contribution in [1.82, 2.24) is 10.2 Å². The average molecular weight is 342 g/mol. The van der Waals surface area contributed by atoms with Crippen LogP contribution in [-0.2, 0) is 17.9 Å². The van der Waals surface area contributed by atoms with E-state index in [4.69, 9.17) is 9.15 Å². The maximum atomic E-state index is 12.2. The number of amides is 1. The zero-order valence-electron chi connectivity index (χ0n) is 14.7. The van der Waals surface area contributed by atoms with Gasteiger partial charge in [0.05, 0.1) is 0 Å². The Morgan fingerprint density at radius 1 is 1.28 bits per heavy atom. The van der Waals surface area contributed by atoms with Crippen molar-refractivity contribution in [3.8, 4) is 0 Å². The molecule has 1 fully saturated rings. The molecule has 134 valence electrons. The van der Waals surface area contributed by atoms with E-state index < -0.39 is 0 Å². The molecule has 0 spiro atoms. The molecule has 1 amide bonds. The van der Waals surface area contributed by atoms with E-state index in [1.165, 1.54) is 12.0 Å². The number of benzene rings is 1. The Bertz CT molecular complexity index is 669. The van der Waals surface area contributed by atoms with E-state index in [9.17, 15) is 4.79 Å². The molecular formula is C20H26N2O3. The lowest BCUT2D eigenvalue weighted by Gasteiger charge is -2.32. The second-order valence-corrected chi connectivity index (χ2v) is 6.64. The summed E-state index contributed by atoms with van der Waals surface area (Å²) in [6.07, 6.45) is 2.32. The van der Waals surface area contributed by atoms with E-state index >= 15 is 0 Å². The SMILES string of the molecule is COCc1ccc(C(=O)NCC2CCCN(Cc3ccccc3)C2)o1. The zero-order valence-corrected chi connectivity index (χ0v) is 14.7. The van der Waals surface area contributed by atoms with Gasteiger partial charge >= 0.3 is 0 Å². The van der Waals surface area contributed by atoms with Crippen molar-refractivity contribution in [3.05, 3.63) is 59.5 Å². The number of carbonyl (C=O) groups excluding carboxylic acids is 1. The van der Waals surface area contributed by atoms with E-state index in [1.54, 1.807) is 19.2 Å². The first-order valence-corrected chi connectivity index (χ1v) is 8.86. The molecule has 1 saturated heterocycles. The molecule has 1 N–H and O–H groups in total. The van der Waals surface area contributed by atoms with Gasteiger partial charge in [-0.15, -0.1) is 0 Å². The van der Waals surface area contributed by atoms with Crippen LogP contribution in [-0.4, -0.2) is 37.6 Å². The van der Waals surface area contributed by atoms with Gasteiger partial charge in [0.2, 0.25) is 0 Å². The van der Waals surface area contributed by atoms with Crippen LogP contribution >= 0.6 is 0 Å². The van der Waals surface area contributed by atoms with Crippen LogP contribution in [0.5, 0.6) is 0 Å². The molecular weight excluding hydrogens is 316 g/mol. The van der Waals surface area contributed by atoms with Gasteiger partial charge < -0.3 is 14.5 Å². The molecule has 1 unspecified atom stereocenters. The van der Waals surface area contributed by atoms with Crippen LogP contribution in [0.25, 0.3) is 0 Å². The van der Waals surface area contributed by atoms with Gasteiger partial charge in [-0.25, -0.2) is 0 Å². The number of piperidine rings is 1. The van der Waals surface area contributed by atoms with Crippen molar-refractivity contribution >= 4 is 5.91 Å². The van der Waals surface area contributed by atoms with E-state index in [0.717, 1.165) is 26.1 Å². The molecule has 0 bridgehead atoms. The van der Waals surface area contributed by atoms with Crippen LogP contribution in [0.2, 0.25) is 0 Å². The first-order chi connectivity index (χ1) is 12.2. The van der Waals surface area contributed by atoms with Crippen molar-refractivity contribution in [2.75, 3.05) is 26.7 Å². The van der Waals surface area contributed by atoms with Gasteiger partial charge in [-0.1, -0.05) is 30.3 Å². The molecule has 3 rings (SSSR count). The average Bonchev–Trinajstić information content (AvgIpc) is 3.10. The highest BCUT2D eigenvalue weighted by molar-refractivity contribution is 5.91. The number of hydrogen-bond donors (Lipinski definition) is 1. The fourth-order valence-corrected chi connectivity index (χ4v) is 3.35. The van der Waals surface area contributed by atoms with Crippen LogP contribution in [0, 0.1) is 5.92 Å². The molecule has 5 nitrogen and oxygen atoms in total. The fourth-order valence-electron chi connectivity index (χ4n) is 3.35. The van der Waals surface area contributed by atoms with E-state index in [0.29, 0.717) is 30.6 Å². The Morgan fingerprint density at radius 3 is 2.92 bits per heavy atom. The Labute approximate surface area is 149 Å². The summed E-state index contributed by atoms with van der Waals surface area (Å²) >= 11 is 0. The summed E-state index contributed by atoms with van der Waals surface area (Å²) in [5.74, 6) is 1.35. The molecule has 1 aromatic heterocycles. The van der Waals surface area contributed by atoms with E-state index in [1.807, 2.05) is 6.07 Å². The number of furan rings is 1. The van der Waals surface area contributed by atoms with Crippen molar-refractivity contribution in [1.29, 1.82) is 0 Å². The molecule has 0 aliphatic carbocycles. The maximum absolute atomic E-state index is 12.2. The number of hydrogen-bond acceptors (Lipinski definition) is 4. The Morgan fingerprint density at radius 2 is 2.12 bits per heavy atom. The molecule has 25 heavy (non-hydrogen) atoms. The van der Waals surface area contributed by atoms with Gasteiger partial charge in [-0.05, 0) is 43.0 Å². The quantitative estimate of drug-likeness (QED) is 0.840. The monoisotopic (exact) mass is 342 g/mol. The van der Waals surface area contributed by atoms with Gasteiger partial charge in [0.15, 0.2) is 5.76 Å². The minimum atomic E-state index is -0.150. The molecule has 2 heterocycles. The third kappa shape index (κ3) is 5.18. The standard InChI is InChI=1S/C20H26N2O3/c1-24-15-18-9-10-19(25-18)20(23)21-12-17-8-5-11-22(14-17)13-16-6-3-2-4-7-16/h2-4,6-7,9-10,17H,5,8,11-15H2,1H3,(H,21,23). The van der Waals surface area contributed by atoms with Gasteiger partial charge in [0.1, 0.15) is 12.4 Å². The van der Waals surface area contributed by atoms with Gasteiger partial charge in [0, 0.05) is 26.7 Å². The number of rotatable bonds is 7. The molecule has 1 aliphatic heterocycles. The van der Waals surface area contributed by atoms with Gasteiger partial charge in [0.25, 0.3) is 5.91 Å². The first-order valence-electron chi connectivity index (χ1n) is 8.86. The van der Waals surface area contributed by atoms with Crippen LogP contribution < -0.4 is 5.32 Å². The van der Waals surface area contributed by atoms with E-state index in [2.05, 4.69) is 34.5 Å². The number of methoxy groups -OCH3 is 1. The van der Waals surface area contributed by atoms with Crippen LogP contribution in [0.4, 0.5) is 0 Å². The molecule has 1 atom stereocenters.